The summed E-state index contributed by atoms with van der Waals surface area (Å²) in [6, 6.07) is 15.3. The average Bonchev–Trinajstić information content (AvgIpc) is 2.98. The van der Waals surface area contributed by atoms with Crippen molar-refractivity contribution in [3.63, 3.8) is 0 Å². The number of phenolic OH excluding ortho intramolecular Hbond substituents is 1. The molecule has 2 aliphatic heterocycles. The first-order chi connectivity index (χ1) is 20.2. The molecule has 2 heterocycles. The Labute approximate surface area is 254 Å². The maximum absolute atomic E-state index is 10.5. The first-order valence-electron chi connectivity index (χ1n) is 13.6. The van der Waals surface area contributed by atoms with Crippen molar-refractivity contribution < 1.29 is 19.3 Å². The summed E-state index contributed by atoms with van der Waals surface area (Å²) in [5, 5.41) is 14.1. The summed E-state index contributed by atoms with van der Waals surface area (Å²) in [4.78, 5) is 0. The third-order valence-electron chi connectivity index (χ3n) is 6.55. The first-order valence-corrected chi connectivity index (χ1v) is 14.1. The molecule has 0 spiro atoms. The molecule has 0 fully saturated rings. The van der Waals surface area contributed by atoms with E-state index in [9.17, 15) is 5.11 Å². The Morgan fingerprint density at radius 3 is 2.43 bits per heavy atom. The molecule has 2 N–H and O–H groups in total. The molecule has 0 saturated heterocycles. The Morgan fingerprint density at radius 1 is 1.02 bits per heavy atom. The van der Waals surface area contributed by atoms with Crippen LogP contribution in [0.3, 0.4) is 0 Å². The average molecular weight is 584 g/mol. The maximum Gasteiger partial charge on any atom is 0.172 e. The Balaban J connectivity index is 0.000000745. The van der Waals surface area contributed by atoms with Gasteiger partial charge in [0.2, 0.25) is 0 Å². The Morgan fingerprint density at radius 2 is 1.76 bits per heavy atom. The smallest absolute Gasteiger partial charge is 0.172 e. The van der Waals surface area contributed by atoms with Crippen molar-refractivity contribution in [2.45, 2.75) is 40.2 Å². The van der Waals surface area contributed by atoms with Crippen LogP contribution in [0.4, 0.5) is 5.69 Å². The lowest BCUT2D eigenvalue weighted by Gasteiger charge is -2.35. The SMILES string of the molecule is C#C.C/C=C\C.COc1c(O)ccc2c1-c1ccc3c(c1/C(=C/c1cccc(O/C=C/CCl)c1)O2)C(C)=CC(C)(C)N3. The van der Waals surface area contributed by atoms with Gasteiger partial charge in [0, 0.05) is 28.3 Å². The lowest BCUT2D eigenvalue weighted by atomic mass is 9.83. The van der Waals surface area contributed by atoms with Crippen LogP contribution in [0.5, 0.6) is 23.0 Å². The summed E-state index contributed by atoms with van der Waals surface area (Å²) in [5.41, 5.74) is 6.57. The molecular formula is C36H38ClNO4. The van der Waals surface area contributed by atoms with E-state index in [2.05, 4.69) is 57.1 Å². The predicted octanol–water partition coefficient (Wildman–Crippen LogP) is 9.53. The van der Waals surface area contributed by atoms with E-state index in [0.29, 0.717) is 28.9 Å². The molecule has 2 aliphatic rings. The van der Waals surface area contributed by atoms with Crippen LogP contribution in [0.15, 0.2) is 79.1 Å². The second-order valence-electron chi connectivity index (χ2n) is 10.1. The molecular weight excluding hydrogens is 546 g/mol. The minimum Gasteiger partial charge on any atom is -0.504 e. The van der Waals surface area contributed by atoms with Crippen LogP contribution in [-0.2, 0) is 0 Å². The van der Waals surface area contributed by atoms with E-state index >= 15 is 0 Å². The lowest BCUT2D eigenvalue weighted by molar-refractivity contribution is 0.371. The molecule has 42 heavy (non-hydrogen) atoms. The Bertz CT molecular complexity index is 1560. The molecule has 3 aromatic rings. The summed E-state index contributed by atoms with van der Waals surface area (Å²) in [5.74, 6) is 2.85. The molecule has 218 valence electrons. The summed E-state index contributed by atoms with van der Waals surface area (Å²) in [6.45, 7) is 10.4. The summed E-state index contributed by atoms with van der Waals surface area (Å²) >= 11 is 5.71. The van der Waals surface area contributed by atoms with Gasteiger partial charge >= 0.3 is 0 Å². The second kappa shape index (κ2) is 14.4. The highest BCUT2D eigenvalue weighted by Gasteiger charge is 2.33. The summed E-state index contributed by atoms with van der Waals surface area (Å²) in [6.07, 6.45) is 19.5. The number of methoxy groups -OCH3 is 1. The predicted molar refractivity (Wildman–Crippen MR) is 177 cm³/mol. The van der Waals surface area contributed by atoms with Gasteiger partial charge in [0.1, 0.15) is 17.3 Å². The van der Waals surface area contributed by atoms with E-state index < -0.39 is 0 Å². The van der Waals surface area contributed by atoms with Crippen molar-refractivity contribution in [2.75, 3.05) is 18.3 Å². The highest BCUT2D eigenvalue weighted by molar-refractivity contribution is 6.18. The highest BCUT2D eigenvalue weighted by Crippen LogP contribution is 2.54. The van der Waals surface area contributed by atoms with Crippen LogP contribution in [0.25, 0.3) is 28.5 Å². The number of rotatable bonds is 5. The van der Waals surface area contributed by atoms with Gasteiger partial charge in [-0.15, -0.1) is 24.4 Å². The first kappa shape index (κ1) is 32.0. The molecule has 0 bridgehead atoms. The molecule has 0 amide bonds. The Kier molecular flexibility index (Phi) is 11.0. The largest absolute Gasteiger partial charge is 0.504 e. The van der Waals surface area contributed by atoms with Crippen LogP contribution < -0.4 is 19.5 Å². The van der Waals surface area contributed by atoms with E-state index in [-0.39, 0.29) is 11.3 Å². The number of anilines is 1. The summed E-state index contributed by atoms with van der Waals surface area (Å²) in [7, 11) is 1.55. The number of fused-ring (bicyclic) bond motifs is 5. The van der Waals surface area contributed by atoms with Gasteiger partial charge in [0.25, 0.3) is 0 Å². The van der Waals surface area contributed by atoms with Crippen molar-refractivity contribution >= 4 is 34.7 Å². The van der Waals surface area contributed by atoms with Crippen LogP contribution >= 0.6 is 11.6 Å². The monoisotopic (exact) mass is 583 g/mol. The molecule has 0 aromatic heterocycles. The van der Waals surface area contributed by atoms with E-state index in [1.54, 1.807) is 31.6 Å². The number of aromatic hydroxyl groups is 1. The fourth-order valence-electron chi connectivity index (χ4n) is 4.94. The van der Waals surface area contributed by atoms with Gasteiger partial charge in [-0.1, -0.05) is 36.4 Å². The third-order valence-corrected chi connectivity index (χ3v) is 6.73. The quantitative estimate of drug-likeness (QED) is 0.135. The number of terminal acetylenes is 1. The molecule has 5 rings (SSSR count). The second-order valence-corrected chi connectivity index (χ2v) is 10.4. The molecule has 0 saturated carbocycles. The normalized spacial score (nSPS) is 15.0. The molecule has 6 heteroatoms. The molecule has 3 aromatic carbocycles. The van der Waals surface area contributed by atoms with Crippen LogP contribution in [0.1, 0.15) is 51.3 Å². The van der Waals surface area contributed by atoms with Crippen LogP contribution in [0.2, 0.25) is 0 Å². The minimum absolute atomic E-state index is 0.0670. The van der Waals surface area contributed by atoms with Gasteiger partial charge in [-0.25, -0.2) is 0 Å². The van der Waals surface area contributed by atoms with E-state index in [1.165, 1.54) is 0 Å². The van der Waals surface area contributed by atoms with Crippen molar-refractivity contribution in [3.05, 3.63) is 95.8 Å². The number of allylic oxidation sites excluding steroid dienone is 4. The van der Waals surface area contributed by atoms with E-state index in [0.717, 1.165) is 39.1 Å². The molecule has 0 unspecified atom stereocenters. The lowest BCUT2D eigenvalue weighted by Crippen LogP contribution is -2.32. The van der Waals surface area contributed by atoms with Gasteiger partial charge in [-0.2, -0.15) is 0 Å². The number of phenols is 1. The van der Waals surface area contributed by atoms with E-state index in [4.69, 9.17) is 25.8 Å². The summed E-state index contributed by atoms with van der Waals surface area (Å²) < 4.78 is 17.8. The zero-order valence-corrected chi connectivity index (χ0v) is 25.8. The third kappa shape index (κ3) is 7.02. The molecule has 0 radical (unpaired) electrons. The fraction of sp³-hybridized carbons (Fsp3) is 0.222. The Hall–Kier alpha value is -4.53. The van der Waals surface area contributed by atoms with Crippen LogP contribution in [0, 0.1) is 12.8 Å². The zero-order chi connectivity index (χ0) is 30.9. The van der Waals surface area contributed by atoms with Crippen molar-refractivity contribution in [3.8, 4) is 47.0 Å². The number of benzene rings is 3. The number of alkyl halides is 1. The molecule has 5 nitrogen and oxygen atoms in total. The number of nitrogens with one attached hydrogen (secondary N) is 1. The van der Waals surface area contributed by atoms with Gasteiger partial charge in [-0.3, -0.25) is 0 Å². The van der Waals surface area contributed by atoms with Crippen molar-refractivity contribution in [1.29, 1.82) is 0 Å². The van der Waals surface area contributed by atoms with Gasteiger partial charge in [-0.05, 0) is 88.2 Å². The zero-order valence-electron chi connectivity index (χ0n) is 25.0. The maximum atomic E-state index is 10.5. The highest BCUT2D eigenvalue weighted by atomic mass is 35.5. The van der Waals surface area contributed by atoms with Gasteiger partial charge in [0.15, 0.2) is 11.5 Å². The van der Waals surface area contributed by atoms with Crippen LogP contribution in [-0.4, -0.2) is 23.6 Å². The molecule has 0 atom stereocenters. The fourth-order valence-corrected chi connectivity index (χ4v) is 5.01. The number of hydrogen-bond acceptors (Lipinski definition) is 5. The standard InChI is InChI=1S/C30H28ClNO4.C4H8.C2H2/c1-18-17-30(2,3)32-22-10-9-21-27(26(18)22)25(36-24-12-11-23(33)29(34-4)28(21)24)16-19-7-5-8-20(15-19)35-14-6-13-31;1-3-4-2;1-2/h5-12,14-17,32-33H,13H2,1-4H3;3-4H,1-2H3;1-2H/b14-6+,25-16-;4-3-;. The van der Waals surface area contributed by atoms with Crippen molar-refractivity contribution in [1.82, 2.24) is 0 Å². The number of ether oxygens (including phenoxy) is 3. The molecule has 0 aliphatic carbocycles. The topological polar surface area (TPSA) is 60.0 Å². The number of halogens is 1. The minimum atomic E-state index is -0.180. The van der Waals surface area contributed by atoms with Gasteiger partial charge in [0.05, 0.1) is 24.5 Å². The van der Waals surface area contributed by atoms with E-state index in [1.807, 2.05) is 56.3 Å². The van der Waals surface area contributed by atoms with Gasteiger partial charge < -0.3 is 24.6 Å². The number of hydrogen-bond donors (Lipinski definition) is 2. The van der Waals surface area contributed by atoms with Crippen molar-refractivity contribution in [2.24, 2.45) is 0 Å².